The van der Waals surface area contributed by atoms with Crippen molar-refractivity contribution in [3.8, 4) is 5.75 Å². The summed E-state index contributed by atoms with van der Waals surface area (Å²) in [4.78, 5) is 27.6. The minimum absolute atomic E-state index is 0.169. The van der Waals surface area contributed by atoms with E-state index in [1.807, 2.05) is 0 Å². The number of halogens is 1. The summed E-state index contributed by atoms with van der Waals surface area (Å²) < 4.78 is 18.4. The second-order valence-corrected chi connectivity index (χ2v) is 4.57. The molecule has 1 aromatic heterocycles. The molecule has 0 atom stereocenters. The third-order valence-electron chi connectivity index (χ3n) is 2.90. The molecule has 0 spiro atoms. The minimum Gasteiger partial charge on any atom is -0.492 e. The molecule has 0 aliphatic rings. The van der Waals surface area contributed by atoms with Gasteiger partial charge in [-0.2, -0.15) is 0 Å². The highest BCUT2D eigenvalue weighted by Gasteiger charge is 2.16. The van der Waals surface area contributed by atoms with Gasteiger partial charge in [0.25, 0.3) is 0 Å². The van der Waals surface area contributed by atoms with Gasteiger partial charge in [0.2, 0.25) is 0 Å². The molecule has 2 N–H and O–H groups in total. The fraction of sp³-hybridized carbons (Fsp3) is 0.188. The summed E-state index contributed by atoms with van der Waals surface area (Å²) in [6.45, 7) is 2.25. The van der Waals surface area contributed by atoms with Crippen LogP contribution in [0.15, 0.2) is 42.7 Å². The zero-order valence-electron chi connectivity index (χ0n) is 12.5. The van der Waals surface area contributed by atoms with Crippen LogP contribution in [0.1, 0.15) is 12.5 Å². The van der Waals surface area contributed by atoms with Crippen molar-refractivity contribution in [3.63, 3.8) is 0 Å². The molecule has 0 unspecified atom stereocenters. The highest BCUT2D eigenvalue weighted by molar-refractivity contribution is 6.39. The maximum absolute atomic E-state index is 13.2. The van der Waals surface area contributed by atoms with Gasteiger partial charge in [-0.25, -0.2) is 4.39 Å². The third-order valence-corrected chi connectivity index (χ3v) is 2.90. The first-order valence-electron chi connectivity index (χ1n) is 7.00. The molecule has 0 saturated heterocycles. The van der Waals surface area contributed by atoms with Gasteiger partial charge >= 0.3 is 11.8 Å². The molecule has 1 heterocycles. The van der Waals surface area contributed by atoms with Gasteiger partial charge in [0.1, 0.15) is 11.6 Å². The Labute approximate surface area is 132 Å². The Morgan fingerprint density at radius 2 is 1.91 bits per heavy atom. The fourth-order valence-electron chi connectivity index (χ4n) is 1.82. The number of rotatable bonds is 5. The van der Waals surface area contributed by atoms with Gasteiger partial charge in [-0.05, 0) is 36.8 Å². The van der Waals surface area contributed by atoms with E-state index in [-0.39, 0.29) is 18.0 Å². The number of pyridine rings is 1. The predicted molar refractivity (Wildman–Crippen MR) is 82.3 cm³/mol. The SMILES string of the molecule is CCOc1cc(F)ccc1NC(=O)C(=O)NCc1ccncc1. The van der Waals surface area contributed by atoms with Crippen LogP contribution in [0.2, 0.25) is 0 Å². The summed E-state index contributed by atoms with van der Waals surface area (Å²) in [7, 11) is 0. The van der Waals surface area contributed by atoms with Crippen molar-refractivity contribution in [1.29, 1.82) is 0 Å². The Hall–Kier alpha value is -2.96. The Bertz CT molecular complexity index is 692. The van der Waals surface area contributed by atoms with Crippen molar-refractivity contribution >= 4 is 17.5 Å². The molecular weight excluding hydrogens is 301 g/mol. The second-order valence-electron chi connectivity index (χ2n) is 4.57. The Kier molecular flexibility index (Phi) is 5.62. The predicted octanol–water partition coefficient (Wildman–Crippen LogP) is 1.87. The van der Waals surface area contributed by atoms with Gasteiger partial charge in [0.05, 0.1) is 12.3 Å². The molecule has 0 aliphatic heterocycles. The third kappa shape index (κ3) is 4.77. The number of carbonyl (C=O) groups is 2. The molecular formula is C16H16FN3O3. The van der Waals surface area contributed by atoms with Crippen LogP contribution < -0.4 is 15.4 Å². The second kappa shape index (κ2) is 7.88. The Morgan fingerprint density at radius 3 is 2.61 bits per heavy atom. The highest BCUT2D eigenvalue weighted by atomic mass is 19.1. The zero-order valence-corrected chi connectivity index (χ0v) is 12.5. The van der Waals surface area contributed by atoms with Gasteiger partial charge < -0.3 is 15.4 Å². The Morgan fingerprint density at radius 1 is 1.17 bits per heavy atom. The number of hydrogen-bond donors (Lipinski definition) is 2. The average Bonchev–Trinajstić information content (AvgIpc) is 2.56. The summed E-state index contributed by atoms with van der Waals surface area (Å²) in [6, 6.07) is 7.12. The smallest absolute Gasteiger partial charge is 0.313 e. The number of hydrogen-bond acceptors (Lipinski definition) is 4. The van der Waals surface area contributed by atoms with Crippen molar-refractivity contribution in [2.45, 2.75) is 13.5 Å². The molecule has 0 radical (unpaired) electrons. The molecule has 6 nitrogen and oxygen atoms in total. The average molecular weight is 317 g/mol. The van der Waals surface area contributed by atoms with Crippen LogP contribution in [0.3, 0.4) is 0 Å². The van der Waals surface area contributed by atoms with Crippen LogP contribution in [0.5, 0.6) is 5.75 Å². The molecule has 120 valence electrons. The molecule has 2 amide bonds. The lowest BCUT2D eigenvalue weighted by Crippen LogP contribution is -2.35. The van der Waals surface area contributed by atoms with Crippen molar-refractivity contribution in [3.05, 3.63) is 54.1 Å². The van der Waals surface area contributed by atoms with E-state index in [9.17, 15) is 14.0 Å². The molecule has 2 rings (SSSR count). The minimum atomic E-state index is -0.855. The van der Waals surface area contributed by atoms with E-state index in [0.29, 0.717) is 6.61 Å². The summed E-state index contributed by atoms with van der Waals surface area (Å²) in [5.74, 6) is -1.98. The number of anilines is 1. The van der Waals surface area contributed by atoms with Crippen LogP contribution in [0, 0.1) is 5.82 Å². The Balaban J connectivity index is 1.97. The van der Waals surface area contributed by atoms with Crippen molar-refractivity contribution in [1.82, 2.24) is 10.3 Å². The lowest BCUT2D eigenvalue weighted by Gasteiger charge is -2.11. The molecule has 0 bridgehead atoms. The maximum Gasteiger partial charge on any atom is 0.313 e. The van der Waals surface area contributed by atoms with Gasteiger partial charge in [-0.3, -0.25) is 14.6 Å². The van der Waals surface area contributed by atoms with Gasteiger partial charge in [-0.1, -0.05) is 0 Å². The van der Waals surface area contributed by atoms with E-state index in [0.717, 1.165) is 11.6 Å². The molecule has 0 saturated carbocycles. The van der Waals surface area contributed by atoms with E-state index in [1.54, 1.807) is 31.5 Å². The lowest BCUT2D eigenvalue weighted by atomic mass is 10.2. The number of nitrogens with one attached hydrogen (secondary N) is 2. The number of aromatic nitrogens is 1. The standard InChI is InChI=1S/C16H16FN3O3/c1-2-23-14-9-12(17)3-4-13(14)20-16(22)15(21)19-10-11-5-7-18-8-6-11/h3-9H,2,10H2,1H3,(H,19,21)(H,20,22). The molecule has 1 aromatic carbocycles. The molecule has 0 aliphatic carbocycles. The summed E-state index contributed by atoms with van der Waals surface area (Å²) in [5, 5.41) is 4.89. The fourth-order valence-corrected chi connectivity index (χ4v) is 1.82. The van der Waals surface area contributed by atoms with Crippen LogP contribution >= 0.6 is 0 Å². The van der Waals surface area contributed by atoms with Gasteiger partial charge in [-0.15, -0.1) is 0 Å². The van der Waals surface area contributed by atoms with Crippen LogP contribution in [0.4, 0.5) is 10.1 Å². The normalized spacial score (nSPS) is 10.0. The summed E-state index contributed by atoms with van der Waals surface area (Å²) in [5.41, 5.74) is 1.05. The quantitative estimate of drug-likeness (QED) is 0.825. The first-order valence-corrected chi connectivity index (χ1v) is 7.00. The zero-order chi connectivity index (χ0) is 16.7. The van der Waals surface area contributed by atoms with E-state index < -0.39 is 17.6 Å². The van der Waals surface area contributed by atoms with E-state index in [2.05, 4.69) is 15.6 Å². The van der Waals surface area contributed by atoms with Gasteiger partial charge in [0.15, 0.2) is 0 Å². The van der Waals surface area contributed by atoms with E-state index in [1.165, 1.54) is 12.1 Å². The molecule has 2 aromatic rings. The summed E-state index contributed by atoms with van der Waals surface area (Å²) in [6.07, 6.45) is 3.18. The molecule has 7 heteroatoms. The van der Waals surface area contributed by atoms with Crippen LogP contribution in [0.25, 0.3) is 0 Å². The van der Waals surface area contributed by atoms with Gasteiger partial charge in [0, 0.05) is 25.0 Å². The number of amides is 2. The molecule has 0 fully saturated rings. The lowest BCUT2D eigenvalue weighted by molar-refractivity contribution is -0.136. The highest BCUT2D eigenvalue weighted by Crippen LogP contribution is 2.25. The first-order chi connectivity index (χ1) is 11.1. The van der Waals surface area contributed by atoms with Crippen LogP contribution in [-0.2, 0) is 16.1 Å². The number of benzene rings is 1. The number of nitrogens with zero attached hydrogens (tertiary/aromatic N) is 1. The van der Waals surface area contributed by atoms with Crippen molar-refractivity contribution < 1.29 is 18.7 Å². The number of ether oxygens (including phenoxy) is 1. The number of carbonyl (C=O) groups excluding carboxylic acids is 2. The molecule has 23 heavy (non-hydrogen) atoms. The summed E-state index contributed by atoms with van der Waals surface area (Å²) >= 11 is 0. The van der Waals surface area contributed by atoms with E-state index in [4.69, 9.17) is 4.74 Å². The van der Waals surface area contributed by atoms with Crippen molar-refractivity contribution in [2.75, 3.05) is 11.9 Å². The van der Waals surface area contributed by atoms with E-state index >= 15 is 0 Å². The maximum atomic E-state index is 13.2. The van der Waals surface area contributed by atoms with Crippen LogP contribution in [-0.4, -0.2) is 23.4 Å². The monoisotopic (exact) mass is 317 g/mol. The largest absolute Gasteiger partial charge is 0.492 e. The van der Waals surface area contributed by atoms with Crippen molar-refractivity contribution in [2.24, 2.45) is 0 Å². The first kappa shape index (κ1) is 16.4. The topological polar surface area (TPSA) is 80.3 Å².